The molecular weight excluding hydrogens is 1130 g/mol. The van der Waals surface area contributed by atoms with Crippen molar-refractivity contribution in [3.63, 3.8) is 0 Å². The highest BCUT2D eigenvalue weighted by atomic mass is 16.1. The van der Waals surface area contributed by atoms with Crippen LogP contribution in [0.3, 0.4) is 0 Å². The summed E-state index contributed by atoms with van der Waals surface area (Å²) < 4.78 is 0. The number of nitriles is 8. The van der Waals surface area contributed by atoms with Crippen LogP contribution in [0.25, 0.3) is 99.1 Å². The topological polar surface area (TPSA) is 224 Å². The van der Waals surface area contributed by atoms with E-state index in [1.54, 1.807) is 60.7 Å². The van der Waals surface area contributed by atoms with Gasteiger partial charge >= 0.3 is 0 Å². The molecule has 92 heavy (non-hydrogen) atoms. The molecule has 10 nitrogen and oxygen atoms in total. The fourth-order valence-corrected chi connectivity index (χ4v) is 10.4. The molecule has 0 saturated heterocycles. The van der Waals surface area contributed by atoms with Gasteiger partial charge in [-0.15, -0.1) is 0 Å². The van der Waals surface area contributed by atoms with Crippen molar-refractivity contribution in [2.45, 2.75) is 13.8 Å². The number of allylic oxidation sites excluding steroid dienone is 2. The van der Waals surface area contributed by atoms with E-state index in [-0.39, 0.29) is 33.9 Å². The first-order valence-electron chi connectivity index (χ1n) is 28.8. The molecule has 0 heterocycles. The highest BCUT2D eigenvalue weighted by Gasteiger charge is 2.12. The van der Waals surface area contributed by atoms with Gasteiger partial charge in [-0.3, -0.25) is 9.59 Å². The molecule has 13 rings (SSSR count). The maximum atomic E-state index is 12.4. The number of benzene rings is 13. The van der Waals surface area contributed by atoms with Crippen LogP contribution in [-0.2, 0) is 0 Å². The van der Waals surface area contributed by atoms with Gasteiger partial charge < -0.3 is 0 Å². The summed E-state index contributed by atoms with van der Waals surface area (Å²) in [4.78, 5) is 24.8. The lowest BCUT2D eigenvalue weighted by Gasteiger charge is -2.12. The summed E-state index contributed by atoms with van der Waals surface area (Å²) >= 11 is 0. The molecule has 0 aliphatic rings. The number of carbonyl (C=O) groups excluding carboxylic acids is 2. The van der Waals surface area contributed by atoms with Gasteiger partial charge in [0, 0.05) is 32.0 Å². The molecule has 13 aromatic carbocycles. The molecule has 430 valence electrons. The standard InChI is InChI=1S/2C25H16O.2C12H4N4.C8H10/c2*26-23(18-5-2-1-3-6-18)16-14-17-9-10-21-12-11-19-7-4-8-20-13-15-22(17)25(21)24(19)20;2*13-5-11(6-14)9-1-2-10(4-3-9)12(7-15)8-16;1-7-3-5-8(2)6-4-7/h2*1-16H;2*1-4H;3-6H,1-2H3/b2*16-14+;;;. The van der Waals surface area contributed by atoms with E-state index >= 15 is 0 Å². The molecule has 13 aromatic rings. The minimum Gasteiger partial charge on any atom is -0.289 e. The Labute approximate surface area is 530 Å². The van der Waals surface area contributed by atoms with Crippen LogP contribution in [0, 0.1) is 104 Å². The zero-order valence-electron chi connectivity index (χ0n) is 49.8. The van der Waals surface area contributed by atoms with Crippen molar-refractivity contribution in [1.29, 1.82) is 42.1 Å². The van der Waals surface area contributed by atoms with E-state index in [9.17, 15) is 9.59 Å². The second-order valence-corrected chi connectivity index (χ2v) is 20.9. The van der Waals surface area contributed by atoms with Gasteiger partial charge in [0.1, 0.15) is 70.8 Å². The van der Waals surface area contributed by atoms with Crippen molar-refractivity contribution in [1.82, 2.24) is 0 Å². The maximum Gasteiger partial charge on any atom is 0.185 e. The summed E-state index contributed by atoms with van der Waals surface area (Å²) in [5, 5.41) is 85.9. The van der Waals surface area contributed by atoms with Crippen molar-refractivity contribution < 1.29 is 9.59 Å². The monoisotopic (exact) mass is 1180 g/mol. The predicted octanol–water partition coefficient (Wildman–Crippen LogP) is 15.4. The Morgan fingerprint density at radius 3 is 0.793 bits per heavy atom. The van der Waals surface area contributed by atoms with Crippen molar-refractivity contribution in [3.05, 3.63) is 309 Å². The van der Waals surface area contributed by atoms with Gasteiger partial charge in [-0.2, -0.15) is 42.1 Å². The van der Waals surface area contributed by atoms with Crippen molar-refractivity contribution >= 4 is 111 Å². The van der Waals surface area contributed by atoms with Gasteiger partial charge in [0.15, 0.2) is 11.6 Å². The average Bonchev–Trinajstić information content (AvgIpc) is 0.816. The third-order valence-corrected chi connectivity index (χ3v) is 15.1. The van der Waals surface area contributed by atoms with E-state index in [0.717, 1.165) is 11.1 Å². The van der Waals surface area contributed by atoms with E-state index in [2.05, 4.69) is 147 Å². The molecule has 0 aromatic heterocycles. The summed E-state index contributed by atoms with van der Waals surface area (Å²) in [6, 6.07) is 92.3. The number of nitrogens with zero attached hydrogens (tertiary/aromatic N) is 8. The Morgan fingerprint density at radius 2 is 0.522 bits per heavy atom. The molecule has 0 amide bonds. The Hall–Kier alpha value is -13.8. The minimum absolute atomic E-state index is 0.00187. The third-order valence-electron chi connectivity index (χ3n) is 15.1. The fourth-order valence-electron chi connectivity index (χ4n) is 10.4. The fraction of sp³-hybridized carbons (Fsp3) is 0.0244. The molecule has 0 aliphatic heterocycles. The van der Waals surface area contributed by atoms with Crippen LogP contribution in [0.5, 0.6) is 0 Å². The Balaban J connectivity index is 0.000000143. The van der Waals surface area contributed by atoms with Crippen molar-refractivity contribution in [2.75, 3.05) is 0 Å². The summed E-state index contributed by atoms with van der Waals surface area (Å²) in [6.45, 7) is 4.19. The molecule has 10 heteroatoms. The lowest BCUT2D eigenvalue weighted by atomic mass is 9.92. The average molecular weight is 1180 g/mol. The van der Waals surface area contributed by atoms with Crippen LogP contribution < -0.4 is 20.9 Å². The van der Waals surface area contributed by atoms with Crippen LogP contribution in [0.15, 0.2) is 255 Å². The van der Waals surface area contributed by atoms with Crippen molar-refractivity contribution in [2.24, 2.45) is 0 Å². The zero-order chi connectivity index (χ0) is 64.9. The van der Waals surface area contributed by atoms with E-state index < -0.39 is 0 Å². The number of carbonyl (C=O) groups is 2. The van der Waals surface area contributed by atoms with Gasteiger partial charge in [-0.1, -0.05) is 266 Å². The van der Waals surface area contributed by atoms with Gasteiger partial charge in [0.05, 0.1) is 0 Å². The lowest BCUT2D eigenvalue weighted by molar-refractivity contribution is 0.103. The van der Waals surface area contributed by atoms with Gasteiger partial charge in [-0.05, 0) is 102 Å². The maximum absolute atomic E-state index is 12.4. The summed E-state index contributed by atoms with van der Waals surface area (Å²) in [7, 11) is 0. The van der Waals surface area contributed by atoms with Gasteiger partial charge in [0.2, 0.25) is 0 Å². The predicted molar refractivity (Wildman–Crippen MR) is 366 cm³/mol. The number of hydrogen-bond acceptors (Lipinski definition) is 10. The molecule has 0 aliphatic carbocycles. The summed E-state index contributed by atoms with van der Waals surface area (Å²) in [5.41, 5.74) is 6.22. The lowest BCUT2D eigenvalue weighted by Crippen LogP contribution is -2.11. The van der Waals surface area contributed by atoms with Gasteiger partial charge in [-0.25, -0.2) is 0 Å². The van der Waals surface area contributed by atoms with Crippen LogP contribution in [0.1, 0.15) is 43.0 Å². The smallest absolute Gasteiger partial charge is 0.185 e. The van der Waals surface area contributed by atoms with Crippen molar-refractivity contribution in [3.8, 4) is 48.6 Å². The van der Waals surface area contributed by atoms with Crippen LogP contribution in [-0.4, -0.2) is 11.6 Å². The van der Waals surface area contributed by atoms with E-state index in [1.165, 1.54) is 124 Å². The van der Waals surface area contributed by atoms with E-state index in [4.69, 9.17) is 42.1 Å². The quantitative estimate of drug-likeness (QED) is 0.0869. The molecule has 0 saturated carbocycles. The molecule has 0 radical (unpaired) electrons. The third kappa shape index (κ3) is 14.5. The first-order valence-corrected chi connectivity index (χ1v) is 28.8. The number of rotatable bonds is 6. The second-order valence-electron chi connectivity index (χ2n) is 20.9. The van der Waals surface area contributed by atoms with Crippen LogP contribution in [0.4, 0.5) is 0 Å². The molecule has 0 N–H and O–H groups in total. The molecular formula is C82H50N8O2. The number of hydrogen-bond donors (Lipinski definition) is 0. The van der Waals surface area contributed by atoms with Crippen LogP contribution >= 0.6 is 0 Å². The minimum atomic E-state index is 0.00187. The highest BCUT2D eigenvalue weighted by molar-refractivity contribution is 6.26. The van der Waals surface area contributed by atoms with E-state index in [1.807, 2.05) is 72.8 Å². The normalized spacial score (nSPS) is 10.2. The van der Waals surface area contributed by atoms with Gasteiger partial charge in [0.25, 0.3) is 0 Å². The largest absolute Gasteiger partial charge is 0.289 e. The first kappa shape index (κ1) is 62.7. The van der Waals surface area contributed by atoms with E-state index in [0.29, 0.717) is 32.0 Å². The highest BCUT2D eigenvalue weighted by Crippen LogP contribution is 2.38. The van der Waals surface area contributed by atoms with Crippen LogP contribution in [0.2, 0.25) is 0 Å². The Morgan fingerprint density at radius 1 is 0.272 bits per heavy atom. The number of aryl methyl sites for hydroxylation is 2. The first-order chi connectivity index (χ1) is 44.9. The Bertz CT molecular complexity index is 5050. The zero-order valence-corrected chi connectivity index (χ0v) is 49.8. The summed E-state index contributed by atoms with van der Waals surface area (Å²) in [5.74, 6) is 0.0487. The Kier molecular flexibility index (Phi) is 20.4. The SMILES string of the molecule is Cc1ccc(C)cc1.N#CC(C#N)=c1ccc(=C(C#N)C#N)cc1.N#CC(C#N)=c1ccc(=C(C#N)C#N)cc1.O=C(/C=C/c1ccc2ccc3cccc4ccc1c2c34)c1ccccc1.O=C(/C=C/c1ccc2ccc3cccc4ccc1c2c34)c1ccccc1. The summed E-state index contributed by atoms with van der Waals surface area (Å²) in [6.07, 6.45) is 7.20. The molecule has 0 bridgehead atoms. The number of ketones is 2. The molecule has 0 unspecified atom stereocenters. The molecule has 0 atom stereocenters. The molecule has 0 spiro atoms. The molecule has 0 fully saturated rings. The second kappa shape index (κ2) is 30.0.